The van der Waals surface area contributed by atoms with Crippen LogP contribution in [0.15, 0.2) is 6.20 Å². The Morgan fingerprint density at radius 3 is 2.94 bits per heavy atom. The van der Waals surface area contributed by atoms with E-state index in [0.29, 0.717) is 6.04 Å². The van der Waals surface area contributed by atoms with Crippen molar-refractivity contribution in [3.63, 3.8) is 0 Å². The van der Waals surface area contributed by atoms with Crippen molar-refractivity contribution >= 4 is 5.95 Å². The fraction of sp³-hybridized carbons (Fsp3) is 0.786. The molecule has 0 saturated heterocycles. The molecule has 17 heavy (non-hydrogen) atoms. The maximum atomic E-state index is 4.61. The molecule has 1 fully saturated rings. The summed E-state index contributed by atoms with van der Waals surface area (Å²) in [6.07, 6.45) is 8.62. The predicted molar refractivity (Wildman–Crippen MR) is 72.3 cm³/mol. The molecule has 96 valence electrons. The van der Waals surface area contributed by atoms with Crippen LogP contribution in [0.4, 0.5) is 5.95 Å². The summed E-state index contributed by atoms with van der Waals surface area (Å²) in [6.45, 7) is 7.74. The Balaban J connectivity index is 2.03. The highest BCUT2D eigenvalue weighted by molar-refractivity contribution is 5.31. The van der Waals surface area contributed by atoms with Crippen molar-refractivity contribution in [1.29, 1.82) is 0 Å². The molecule has 1 aliphatic carbocycles. The Morgan fingerprint density at radius 1 is 1.47 bits per heavy atom. The monoisotopic (exact) mass is 235 g/mol. The Morgan fingerprint density at radius 2 is 2.29 bits per heavy atom. The molecule has 0 aliphatic heterocycles. The van der Waals surface area contributed by atoms with E-state index in [1.54, 1.807) is 0 Å². The first-order valence-corrected chi connectivity index (χ1v) is 7.01. The number of nitrogens with one attached hydrogen (secondary N) is 1. The molecule has 3 nitrogen and oxygen atoms in total. The maximum absolute atomic E-state index is 4.61. The highest BCUT2D eigenvalue weighted by Crippen LogP contribution is 2.27. The Bertz CT molecular complexity index is 356. The van der Waals surface area contributed by atoms with Gasteiger partial charge in [-0.25, -0.2) is 4.98 Å². The van der Waals surface area contributed by atoms with Gasteiger partial charge in [-0.1, -0.05) is 26.7 Å². The molecule has 1 aromatic heterocycles. The lowest BCUT2D eigenvalue weighted by molar-refractivity contribution is 0.545. The minimum atomic E-state index is 0.622. The molecule has 1 heterocycles. The summed E-state index contributed by atoms with van der Waals surface area (Å²) in [7, 11) is 0. The summed E-state index contributed by atoms with van der Waals surface area (Å²) in [6, 6.07) is 0.622. The van der Waals surface area contributed by atoms with Gasteiger partial charge in [0.2, 0.25) is 5.95 Å². The lowest BCUT2D eigenvalue weighted by atomic mass is 10.1. The summed E-state index contributed by atoms with van der Waals surface area (Å²) >= 11 is 0. The van der Waals surface area contributed by atoms with Gasteiger partial charge in [-0.05, 0) is 32.1 Å². The van der Waals surface area contributed by atoms with Crippen LogP contribution in [-0.4, -0.2) is 15.6 Å². The maximum Gasteiger partial charge on any atom is 0.203 e. The number of unbranched alkanes of at least 4 members (excludes halogenated alkanes) is 1. The molecule has 1 aliphatic rings. The zero-order valence-corrected chi connectivity index (χ0v) is 11.4. The molecule has 2 rings (SSSR count). The largest absolute Gasteiger partial charge is 0.353 e. The molecule has 0 radical (unpaired) electrons. The zero-order chi connectivity index (χ0) is 12.3. The Labute approximate surface area is 105 Å². The number of aromatic nitrogens is 2. The number of imidazole rings is 1. The van der Waals surface area contributed by atoms with Crippen LogP contribution in [-0.2, 0) is 6.54 Å². The van der Waals surface area contributed by atoms with Crippen molar-refractivity contribution in [3.05, 3.63) is 11.9 Å². The van der Waals surface area contributed by atoms with Gasteiger partial charge in [0, 0.05) is 18.8 Å². The third kappa shape index (κ3) is 3.02. The number of hydrogen-bond acceptors (Lipinski definition) is 2. The molecule has 0 bridgehead atoms. The summed E-state index contributed by atoms with van der Waals surface area (Å²) in [4.78, 5) is 4.61. The van der Waals surface area contributed by atoms with Crippen LogP contribution < -0.4 is 5.32 Å². The smallest absolute Gasteiger partial charge is 0.203 e. The van der Waals surface area contributed by atoms with Gasteiger partial charge in [0.25, 0.3) is 0 Å². The van der Waals surface area contributed by atoms with Crippen LogP contribution in [0.3, 0.4) is 0 Å². The second kappa shape index (κ2) is 5.56. The van der Waals surface area contributed by atoms with Gasteiger partial charge in [-0.2, -0.15) is 0 Å². The number of anilines is 1. The van der Waals surface area contributed by atoms with Gasteiger partial charge in [-0.15, -0.1) is 0 Å². The van der Waals surface area contributed by atoms with E-state index in [0.717, 1.165) is 24.1 Å². The standard InChI is InChI=1S/C14H25N3/c1-4-5-9-17-10-12(3)15-14(17)16-13-8-6-7-11(13)2/h10-11,13H,4-9H2,1-3H3,(H,15,16). The lowest BCUT2D eigenvalue weighted by Gasteiger charge is -2.18. The normalized spacial score (nSPS) is 24.2. The van der Waals surface area contributed by atoms with Crippen LogP contribution in [0, 0.1) is 12.8 Å². The van der Waals surface area contributed by atoms with Gasteiger partial charge in [0.05, 0.1) is 5.69 Å². The lowest BCUT2D eigenvalue weighted by Crippen LogP contribution is -2.24. The highest BCUT2D eigenvalue weighted by Gasteiger charge is 2.24. The molecule has 3 heteroatoms. The number of nitrogens with zero attached hydrogens (tertiary/aromatic N) is 2. The summed E-state index contributed by atoms with van der Waals surface area (Å²) in [5.41, 5.74) is 1.12. The van der Waals surface area contributed by atoms with E-state index in [9.17, 15) is 0 Å². The van der Waals surface area contributed by atoms with Gasteiger partial charge >= 0.3 is 0 Å². The molecule has 0 spiro atoms. The quantitative estimate of drug-likeness (QED) is 0.845. The highest BCUT2D eigenvalue weighted by atomic mass is 15.2. The number of hydrogen-bond donors (Lipinski definition) is 1. The topological polar surface area (TPSA) is 29.9 Å². The molecular weight excluding hydrogens is 210 g/mol. The molecule has 2 unspecified atom stereocenters. The summed E-state index contributed by atoms with van der Waals surface area (Å²) < 4.78 is 2.28. The first-order valence-electron chi connectivity index (χ1n) is 7.01. The van der Waals surface area contributed by atoms with E-state index in [-0.39, 0.29) is 0 Å². The van der Waals surface area contributed by atoms with Crippen molar-refractivity contribution in [1.82, 2.24) is 9.55 Å². The minimum absolute atomic E-state index is 0.622. The minimum Gasteiger partial charge on any atom is -0.353 e. The van der Waals surface area contributed by atoms with Crippen molar-refractivity contribution < 1.29 is 0 Å². The average Bonchev–Trinajstić information content (AvgIpc) is 2.84. The van der Waals surface area contributed by atoms with Crippen molar-refractivity contribution in [2.75, 3.05) is 5.32 Å². The first kappa shape index (κ1) is 12.5. The van der Waals surface area contributed by atoms with Crippen LogP contribution >= 0.6 is 0 Å². The second-order valence-corrected chi connectivity index (χ2v) is 5.41. The molecule has 1 saturated carbocycles. The predicted octanol–water partition coefficient (Wildman–Crippen LogP) is 3.59. The molecule has 0 amide bonds. The van der Waals surface area contributed by atoms with Gasteiger partial charge in [0.15, 0.2) is 0 Å². The summed E-state index contributed by atoms with van der Waals surface area (Å²) in [5, 5.41) is 3.64. The SMILES string of the molecule is CCCCn1cc(C)nc1NC1CCCC1C. The fourth-order valence-electron chi connectivity index (χ4n) is 2.69. The van der Waals surface area contributed by atoms with Crippen LogP contribution in [0.25, 0.3) is 0 Å². The van der Waals surface area contributed by atoms with Crippen LogP contribution in [0.2, 0.25) is 0 Å². The zero-order valence-electron chi connectivity index (χ0n) is 11.4. The van der Waals surface area contributed by atoms with E-state index in [1.165, 1.54) is 32.1 Å². The van der Waals surface area contributed by atoms with E-state index >= 15 is 0 Å². The fourth-order valence-corrected chi connectivity index (χ4v) is 2.69. The van der Waals surface area contributed by atoms with Crippen molar-refractivity contribution in [2.45, 2.75) is 65.5 Å². The third-order valence-electron chi connectivity index (χ3n) is 3.83. The van der Waals surface area contributed by atoms with Gasteiger partial charge < -0.3 is 9.88 Å². The average molecular weight is 235 g/mol. The molecule has 1 N–H and O–H groups in total. The van der Waals surface area contributed by atoms with Crippen LogP contribution in [0.1, 0.15) is 51.6 Å². The second-order valence-electron chi connectivity index (χ2n) is 5.41. The Hall–Kier alpha value is -0.990. The third-order valence-corrected chi connectivity index (χ3v) is 3.83. The molecule has 1 aromatic rings. The van der Waals surface area contributed by atoms with E-state index in [4.69, 9.17) is 0 Å². The van der Waals surface area contributed by atoms with Crippen molar-refractivity contribution in [3.8, 4) is 0 Å². The first-order chi connectivity index (χ1) is 8.20. The number of aryl methyl sites for hydroxylation is 2. The van der Waals surface area contributed by atoms with Gasteiger partial charge in [-0.3, -0.25) is 0 Å². The van der Waals surface area contributed by atoms with Crippen LogP contribution in [0.5, 0.6) is 0 Å². The number of rotatable bonds is 5. The molecule has 0 aromatic carbocycles. The van der Waals surface area contributed by atoms with E-state index in [1.807, 2.05) is 0 Å². The molecule has 2 atom stereocenters. The Kier molecular flexibility index (Phi) is 4.08. The summed E-state index contributed by atoms with van der Waals surface area (Å²) in [5.74, 6) is 1.86. The van der Waals surface area contributed by atoms with Crippen molar-refractivity contribution in [2.24, 2.45) is 5.92 Å². The van der Waals surface area contributed by atoms with E-state index in [2.05, 4.69) is 41.8 Å². The van der Waals surface area contributed by atoms with Gasteiger partial charge in [0.1, 0.15) is 0 Å². The van der Waals surface area contributed by atoms with E-state index < -0.39 is 0 Å². The molecular formula is C14H25N3.